The maximum absolute atomic E-state index is 3.58. The molecular weight excluding hydrogens is 220 g/mol. The van der Waals surface area contributed by atoms with Crippen molar-refractivity contribution in [2.45, 2.75) is 52.1 Å². The zero-order chi connectivity index (χ0) is 13.1. The van der Waals surface area contributed by atoms with Crippen molar-refractivity contribution < 1.29 is 0 Å². The van der Waals surface area contributed by atoms with Crippen molar-refractivity contribution >= 4 is 5.69 Å². The second kappa shape index (κ2) is 5.75. The fourth-order valence-electron chi connectivity index (χ4n) is 2.57. The predicted molar refractivity (Wildman–Crippen MR) is 79.4 cm³/mol. The number of hydrogen-bond acceptors (Lipinski definition) is 2. The van der Waals surface area contributed by atoms with Crippen LogP contribution < -0.4 is 10.2 Å². The second-order valence-electron chi connectivity index (χ2n) is 5.89. The van der Waals surface area contributed by atoms with Gasteiger partial charge in [0, 0.05) is 30.9 Å². The van der Waals surface area contributed by atoms with Crippen LogP contribution in [-0.2, 0) is 0 Å². The van der Waals surface area contributed by atoms with Gasteiger partial charge in [-0.1, -0.05) is 26.0 Å². The zero-order valence-corrected chi connectivity index (χ0v) is 12.1. The molecule has 100 valence electrons. The second-order valence-corrected chi connectivity index (χ2v) is 5.89. The van der Waals surface area contributed by atoms with E-state index in [1.807, 2.05) is 0 Å². The van der Waals surface area contributed by atoms with Crippen molar-refractivity contribution in [3.05, 3.63) is 29.8 Å². The van der Waals surface area contributed by atoms with Crippen LogP contribution in [0.25, 0.3) is 0 Å². The van der Waals surface area contributed by atoms with E-state index in [0.717, 1.165) is 13.1 Å². The highest BCUT2D eigenvalue weighted by atomic mass is 15.2. The lowest BCUT2D eigenvalue weighted by atomic mass is 10.0. The molecule has 0 saturated carbocycles. The summed E-state index contributed by atoms with van der Waals surface area (Å²) >= 11 is 0. The molecule has 1 N–H and O–H groups in total. The average Bonchev–Trinajstić information content (AvgIpc) is 2.52. The van der Waals surface area contributed by atoms with Gasteiger partial charge in [0.25, 0.3) is 0 Å². The summed E-state index contributed by atoms with van der Waals surface area (Å²) in [5.74, 6) is 0.613. The van der Waals surface area contributed by atoms with Crippen LogP contribution in [0.5, 0.6) is 0 Å². The molecule has 0 aromatic heterocycles. The van der Waals surface area contributed by atoms with Gasteiger partial charge in [0.05, 0.1) is 0 Å². The summed E-state index contributed by atoms with van der Waals surface area (Å²) in [7, 11) is 0. The molecule has 2 heteroatoms. The first kappa shape index (κ1) is 13.4. The Morgan fingerprint density at radius 1 is 1.17 bits per heavy atom. The highest BCUT2D eigenvalue weighted by Crippen LogP contribution is 2.23. The third-order valence-electron chi connectivity index (χ3n) is 3.99. The van der Waals surface area contributed by atoms with Crippen LogP contribution in [0.15, 0.2) is 24.3 Å². The first-order chi connectivity index (χ1) is 8.58. The smallest absolute Gasteiger partial charge is 0.0386 e. The summed E-state index contributed by atoms with van der Waals surface area (Å²) in [6.45, 7) is 11.3. The third-order valence-corrected chi connectivity index (χ3v) is 3.99. The lowest BCUT2D eigenvalue weighted by molar-refractivity contribution is 0.548. The molecule has 1 fully saturated rings. The van der Waals surface area contributed by atoms with E-state index in [2.05, 4.69) is 62.2 Å². The molecule has 0 radical (unpaired) electrons. The maximum Gasteiger partial charge on any atom is 0.0386 e. The van der Waals surface area contributed by atoms with Crippen LogP contribution in [0.1, 0.15) is 45.6 Å². The Hall–Kier alpha value is -1.02. The number of anilines is 1. The lowest BCUT2D eigenvalue weighted by Gasteiger charge is -2.29. The molecular formula is C16H26N2. The molecule has 18 heavy (non-hydrogen) atoms. The largest absolute Gasteiger partial charge is 0.367 e. The number of rotatable bonds is 2. The van der Waals surface area contributed by atoms with Crippen LogP contribution >= 0.6 is 0 Å². The van der Waals surface area contributed by atoms with Crippen LogP contribution in [0, 0.1) is 0 Å². The van der Waals surface area contributed by atoms with Gasteiger partial charge in [0.15, 0.2) is 0 Å². The fourth-order valence-corrected chi connectivity index (χ4v) is 2.57. The molecule has 1 aromatic rings. The van der Waals surface area contributed by atoms with E-state index >= 15 is 0 Å². The first-order valence-electron chi connectivity index (χ1n) is 7.18. The van der Waals surface area contributed by atoms with Gasteiger partial charge in [-0.15, -0.1) is 0 Å². The number of hydrogen-bond donors (Lipinski definition) is 1. The molecule has 0 aliphatic carbocycles. The highest BCUT2D eigenvalue weighted by Gasteiger charge is 2.19. The van der Waals surface area contributed by atoms with Crippen molar-refractivity contribution in [3.63, 3.8) is 0 Å². The summed E-state index contributed by atoms with van der Waals surface area (Å²) in [5, 5.41) is 3.58. The molecule has 2 atom stereocenters. The predicted octanol–water partition coefficient (Wildman–Crippen LogP) is 3.39. The minimum Gasteiger partial charge on any atom is -0.367 e. The Morgan fingerprint density at radius 2 is 1.83 bits per heavy atom. The lowest BCUT2D eigenvalue weighted by Crippen LogP contribution is -2.37. The molecule has 0 spiro atoms. The van der Waals surface area contributed by atoms with Gasteiger partial charge in [0.1, 0.15) is 0 Å². The molecule has 0 amide bonds. The summed E-state index contributed by atoms with van der Waals surface area (Å²) < 4.78 is 0. The van der Waals surface area contributed by atoms with E-state index in [9.17, 15) is 0 Å². The van der Waals surface area contributed by atoms with E-state index in [1.54, 1.807) is 0 Å². The third kappa shape index (κ3) is 3.05. The van der Waals surface area contributed by atoms with Gasteiger partial charge in [-0.25, -0.2) is 0 Å². The van der Waals surface area contributed by atoms with E-state index in [-0.39, 0.29) is 0 Å². The van der Waals surface area contributed by atoms with Crippen LogP contribution in [0.2, 0.25) is 0 Å². The molecule has 0 bridgehead atoms. The van der Waals surface area contributed by atoms with E-state index in [0.29, 0.717) is 18.0 Å². The SMILES string of the molecule is CC1CCN(c2ccc(C(C)C)cc2)C(C)CN1. The quantitative estimate of drug-likeness (QED) is 0.860. The summed E-state index contributed by atoms with van der Waals surface area (Å²) in [6, 6.07) is 10.3. The van der Waals surface area contributed by atoms with Gasteiger partial charge in [-0.2, -0.15) is 0 Å². The van der Waals surface area contributed by atoms with Crippen molar-refractivity contribution in [1.29, 1.82) is 0 Å². The van der Waals surface area contributed by atoms with Crippen LogP contribution in [-0.4, -0.2) is 25.2 Å². The van der Waals surface area contributed by atoms with Crippen molar-refractivity contribution in [1.82, 2.24) is 5.32 Å². The molecule has 2 nitrogen and oxygen atoms in total. The monoisotopic (exact) mass is 246 g/mol. The van der Waals surface area contributed by atoms with Crippen LogP contribution in [0.4, 0.5) is 5.69 Å². The minimum atomic E-state index is 0.569. The van der Waals surface area contributed by atoms with Crippen molar-refractivity contribution in [3.8, 4) is 0 Å². The summed E-state index contributed by atoms with van der Waals surface area (Å²) in [6.07, 6.45) is 1.22. The molecule has 1 aliphatic heterocycles. The minimum absolute atomic E-state index is 0.569. The molecule has 2 rings (SSSR count). The normalized spacial score (nSPS) is 25.3. The molecule has 1 heterocycles. The summed E-state index contributed by atoms with van der Waals surface area (Å²) in [5.41, 5.74) is 2.79. The van der Waals surface area contributed by atoms with E-state index in [4.69, 9.17) is 0 Å². The molecule has 2 unspecified atom stereocenters. The molecule has 1 saturated heterocycles. The van der Waals surface area contributed by atoms with Gasteiger partial charge < -0.3 is 10.2 Å². The standard InChI is InChI=1S/C16H26N2/c1-12(2)15-5-7-16(8-6-15)18-10-9-13(3)17-11-14(18)4/h5-8,12-14,17H,9-11H2,1-4H3. The van der Waals surface area contributed by atoms with Crippen molar-refractivity contribution in [2.75, 3.05) is 18.0 Å². The van der Waals surface area contributed by atoms with Gasteiger partial charge in [-0.05, 0) is 43.9 Å². The Balaban J connectivity index is 2.14. The first-order valence-corrected chi connectivity index (χ1v) is 7.18. The van der Waals surface area contributed by atoms with Gasteiger partial charge >= 0.3 is 0 Å². The van der Waals surface area contributed by atoms with Crippen LogP contribution in [0.3, 0.4) is 0 Å². The van der Waals surface area contributed by atoms with E-state index < -0.39 is 0 Å². The van der Waals surface area contributed by atoms with Crippen molar-refractivity contribution in [2.24, 2.45) is 0 Å². The maximum atomic E-state index is 3.58. The Bertz CT molecular complexity index is 369. The highest BCUT2D eigenvalue weighted by molar-refractivity contribution is 5.49. The zero-order valence-electron chi connectivity index (χ0n) is 12.1. The number of nitrogens with one attached hydrogen (secondary N) is 1. The van der Waals surface area contributed by atoms with Gasteiger partial charge in [0.2, 0.25) is 0 Å². The fraction of sp³-hybridized carbons (Fsp3) is 0.625. The number of benzene rings is 1. The average molecular weight is 246 g/mol. The topological polar surface area (TPSA) is 15.3 Å². The Labute approximate surface area is 111 Å². The molecule has 1 aliphatic rings. The number of nitrogens with zero attached hydrogens (tertiary/aromatic N) is 1. The Morgan fingerprint density at radius 3 is 2.44 bits per heavy atom. The summed E-state index contributed by atoms with van der Waals surface area (Å²) in [4.78, 5) is 2.53. The van der Waals surface area contributed by atoms with E-state index in [1.165, 1.54) is 17.7 Å². The Kier molecular flexibility index (Phi) is 4.28. The van der Waals surface area contributed by atoms with Gasteiger partial charge in [-0.3, -0.25) is 0 Å². The molecule has 1 aromatic carbocycles.